The summed E-state index contributed by atoms with van der Waals surface area (Å²) in [5.74, 6) is 0. The zero-order valence-electron chi connectivity index (χ0n) is 14.1. The van der Waals surface area contributed by atoms with Crippen molar-refractivity contribution in [2.75, 3.05) is 39.3 Å². The summed E-state index contributed by atoms with van der Waals surface area (Å²) in [6.07, 6.45) is 2.37. The van der Waals surface area contributed by atoms with Gasteiger partial charge in [0.05, 0.1) is 0 Å². The van der Waals surface area contributed by atoms with Crippen LogP contribution in [0.4, 0.5) is 0 Å². The predicted octanol–water partition coefficient (Wildman–Crippen LogP) is 2.10. The monoisotopic (exact) mass is 288 g/mol. The Kier molecular flexibility index (Phi) is 10.8. The SMILES string of the molecule is CCCN[Si](NCCC)(N(CC)CC)N(CC)CC. The maximum atomic E-state index is 3.90. The minimum Gasteiger partial charge on any atom is -0.300 e. The van der Waals surface area contributed by atoms with Gasteiger partial charge in [-0.25, -0.2) is 0 Å². The highest BCUT2D eigenvalue weighted by Crippen LogP contribution is 2.10. The molecule has 0 bridgehead atoms. The van der Waals surface area contributed by atoms with E-state index >= 15 is 0 Å². The van der Waals surface area contributed by atoms with Crippen molar-refractivity contribution in [3.05, 3.63) is 0 Å². The average molecular weight is 289 g/mol. The summed E-state index contributed by atoms with van der Waals surface area (Å²) >= 11 is 0. The lowest BCUT2D eigenvalue weighted by atomic mass is 10.5. The lowest BCUT2D eigenvalue weighted by Gasteiger charge is -2.47. The van der Waals surface area contributed by atoms with Gasteiger partial charge in [0.2, 0.25) is 0 Å². The first-order valence-corrected chi connectivity index (χ1v) is 10.1. The maximum absolute atomic E-state index is 3.90. The fourth-order valence-electron chi connectivity index (χ4n) is 2.67. The van der Waals surface area contributed by atoms with Crippen LogP contribution in [0.2, 0.25) is 0 Å². The van der Waals surface area contributed by atoms with Crippen molar-refractivity contribution in [1.82, 2.24) is 19.1 Å². The molecule has 0 aliphatic carbocycles. The van der Waals surface area contributed by atoms with Crippen molar-refractivity contribution in [2.45, 2.75) is 54.4 Å². The Morgan fingerprint density at radius 1 is 0.632 bits per heavy atom. The van der Waals surface area contributed by atoms with E-state index in [0.717, 1.165) is 39.3 Å². The third-order valence-electron chi connectivity index (χ3n) is 3.69. The molecule has 0 aromatic carbocycles. The fraction of sp³-hybridized carbons (Fsp3) is 1.00. The average Bonchev–Trinajstić information content (AvgIpc) is 2.44. The van der Waals surface area contributed by atoms with E-state index in [2.05, 4.69) is 60.6 Å². The first-order valence-electron chi connectivity index (χ1n) is 8.16. The Morgan fingerprint density at radius 3 is 1.16 bits per heavy atom. The Bertz CT molecular complexity index is 184. The summed E-state index contributed by atoms with van der Waals surface area (Å²) in [6, 6.07) is 0. The van der Waals surface area contributed by atoms with Crippen LogP contribution in [0.25, 0.3) is 0 Å². The molecule has 2 N–H and O–H groups in total. The second-order valence-electron chi connectivity index (χ2n) is 4.87. The molecule has 5 heteroatoms. The molecular formula is C14H36N4Si. The van der Waals surface area contributed by atoms with E-state index < -0.39 is 8.72 Å². The zero-order chi connectivity index (χ0) is 14.7. The molecule has 0 atom stereocenters. The minimum atomic E-state index is -1.93. The molecule has 0 heterocycles. The van der Waals surface area contributed by atoms with Gasteiger partial charge in [0, 0.05) is 0 Å². The van der Waals surface area contributed by atoms with E-state index in [0.29, 0.717) is 0 Å². The number of nitrogens with zero attached hydrogens (tertiary/aromatic N) is 2. The van der Waals surface area contributed by atoms with Crippen molar-refractivity contribution in [3.8, 4) is 0 Å². The summed E-state index contributed by atoms with van der Waals surface area (Å²) in [4.78, 5) is 7.80. The highest BCUT2D eigenvalue weighted by molar-refractivity contribution is 6.69. The van der Waals surface area contributed by atoms with E-state index in [9.17, 15) is 0 Å². The molecule has 116 valence electrons. The molecule has 0 aliphatic rings. The van der Waals surface area contributed by atoms with Gasteiger partial charge >= 0.3 is 8.72 Å². The van der Waals surface area contributed by atoms with Crippen LogP contribution in [0, 0.1) is 0 Å². The molecule has 19 heavy (non-hydrogen) atoms. The second kappa shape index (κ2) is 10.8. The van der Waals surface area contributed by atoms with Crippen LogP contribution in [0.3, 0.4) is 0 Å². The van der Waals surface area contributed by atoms with Crippen LogP contribution in [-0.2, 0) is 0 Å². The Morgan fingerprint density at radius 2 is 0.947 bits per heavy atom. The van der Waals surface area contributed by atoms with Gasteiger partial charge in [0.1, 0.15) is 0 Å². The van der Waals surface area contributed by atoms with Gasteiger partial charge in [-0.3, -0.25) is 9.13 Å². The lowest BCUT2D eigenvalue weighted by Crippen LogP contribution is -2.82. The quantitative estimate of drug-likeness (QED) is 0.539. The predicted molar refractivity (Wildman–Crippen MR) is 88.2 cm³/mol. The summed E-state index contributed by atoms with van der Waals surface area (Å²) in [6.45, 7) is 20.2. The number of rotatable bonds is 12. The van der Waals surface area contributed by atoms with Crippen molar-refractivity contribution >= 4 is 8.72 Å². The van der Waals surface area contributed by atoms with E-state index in [4.69, 9.17) is 0 Å². The molecule has 0 saturated carbocycles. The van der Waals surface area contributed by atoms with Crippen LogP contribution in [0.5, 0.6) is 0 Å². The topological polar surface area (TPSA) is 30.5 Å². The Balaban J connectivity index is 5.26. The van der Waals surface area contributed by atoms with Gasteiger partial charge in [-0.1, -0.05) is 41.5 Å². The maximum Gasteiger partial charge on any atom is 0.371 e. The van der Waals surface area contributed by atoms with Crippen LogP contribution >= 0.6 is 0 Å². The Labute approximate surface area is 122 Å². The number of nitrogens with one attached hydrogen (secondary N) is 2. The van der Waals surface area contributed by atoms with Crippen molar-refractivity contribution < 1.29 is 0 Å². The molecule has 0 aliphatic heterocycles. The van der Waals surface area contributed by atoms with Gasteiger partial charge in [0.15, 0.2) is 0 Å². The van der Waals surface area contributed by atoms with Gasteiger partial charge in [-0.2, -0.15) is 0 Å². The largest absolute Gasteiger partial charge is 0.371 e. The molecule has 4 nitrogen and oxygen atoms in total. The first kappa shape index (κ1) is 19.1. The van der Waals surface area contributed by atoms with Crippen LogP contribution in [0.1, 0.15) is 54.4 Å². The van der Waals surface area contributed by atoms with Gasteiger partial charge in [-0.15, -0.1) is 0 Å². The molecule has 0 aromatic rings. The molecule has 0 saturated heterocycles. The molecule has 0 amide bonds. The van der Waals surface area contributed by atoms with Gasteiger partial charge in [-0.05, 0) is 52.1 Å². The number of hydrogen-bond donors (Lipinski definition) is 2. The van der Waals surface area contributed by atoms with Crippen molar-refractivity contribution in [1.29, 1.82) is 0 Å². The van der Waals surface area contributed by atoms with E-state index in [1.54, 1.807) is 0 Å². The lowest BCUT2D eigenvalue weighted by molar-refractivity contribution is 0.319. The Hall–Kier alpha value is 0.0569. The molecule has 0 unspecified atom stereocenters. The second-order valence-corrected chi connectivity index (χ2v) is 8.19. The normalized spacial score (nSPS) is 12.6. The van der Waals surface area contributed by atoms with E-state index in [1.165, 1.54) is 12.8 Å². The summed E-state index contributed by atoms with van der Waals surface area (Å²) < 4.78 is 5.26. The summed E-state index contributed by atoms with van der Waals surface area (Å²) in [5, 5.41) is 0. The number of hydrogen-bond acceptors (Lipinski definition) is 4. The molecule has 0 rings (SSSR count). The van der Waals surface area contributed by atoms with Crippen LogP contribution in [-0.4, -0.2) is 57.1 Å². The summed E-state index contributed by atoms with van der Waals surface area (Å²) in [5.41, 5.74) is 0. The molecule has 0 spiro atoms. The molecular weight excluding hydrogens is 252 g/mol. The molecule has 0 fully saturated rings. The minimum absolute atomic E-state index is 1.09. The third kappa shape index (κ3) is 5.15. The third-order valence-corrected chi connectivity index (χ3v) is 8.27. The molecule has 0 aromatic heterocycles. The van der Waals surface area contributed by atoms with Crippen LogP contribution < -0.4 is 9.96 Å². The van der Waals surface area contributed by atoms with Crippen LogP contribution in [0.15, 0.2) is 0 Å². The van der Waals surface area contributed by atoms with Gasteiger partial charge < -0.3 is 9.96 Å². The standard InChI is InChI=1S/C14H36N4Si/c1-7-13-15-19(16-14-8-2,17(9-3)10-4)18(11-5)12-6/h15-16H,7-14H2,1-6H3. The molecule has 0 radical (unpaired) electrons. The first-order chi connectivity index (χ1) is 9.16. The van der Waals surface area contributed by atoms with Crippen molar-refractivity contribution in [3.63, 3.8) is 0 Å². The van der Waals surface area contributed by atoms with Gasteiger partial charge in [0.25, 0.3) is 0 Å². The van der Waals surface area contributed by atoms with E-state index in [1.807, 2.05) is 0 Å². The highest BCUT2D eigenvalue weighted by atomic mass is 28.4. The highest BCUT2D eigenvalue weighted by Gasteiger charge is 2.44. The smallest absolute Gasteiger partial charge is 0.300 e. The van der Waals surface area contributed by atoms with E-state index in [-0.39, 0.29) is 0 Å². The zero-order valence-corrected chi connectivity index (χ0v) is 15.1. The summed E-state index contributed by atoms with van der Waals surface area (Å²) in [7, 11) is -1.93. The van der Waals surface area contributed by atoms with Crippen molar-refractivity contribution in [2.24, 2.45) is 0 Å². The fourth-order valence-corrected chi connectivity index (χ4v) is 7.12.